The van der Waals surface area contributed by atoms with Gasteiger partial charge in [-0.05, 0) is 18.4 Å². The van der Waals surface area contributed by atoms with Gasteiger partial charge in [-0.3, -0.25) is 4.79 Å². The van der Waals surface area contributed by atoms with Crippen molar-refractivity contribution < 1.29 is 24.2 Å². The molecule has 3 amide bonds. The average Bonchev–Trinajstić information content (AvgIpc) is 2.87. The van der Waals surface area contributed by atoms with Gasteiger partial charge < -0.3 is 15.2 Å². The lowest BCUT2D eigenvalue weighted by molar-refractivity contribution is -0.133. The van der Waals surface area contributed by atoms with Crippen molar-refractivity contribution in [3.05, 3.63) is 35.9 Å². The third-order valence-electron chi connectivity index (χ3n) is 3.79. The summed E-state index contributed by atoms with van der Waals surface area (Å²) in [6, 6.07) is 9.25. The number of nitrogens with zero attached hydrogens (tertiary/aromatic N) is 1. The largest absolute Gasteiger partial charge is 0.465 e. The van der Waals surface area contributed by atoms with Gasteiger partial charge in [0, 0.05) is 12.5 Å². The smallest absolute Gasteiger partial charge is 0.416 e. The predicted molar refractivity (Wildman–Crippen MR) is 81.9 cm³/mol. The van der Waals surface area contributed by atoms with Gasteiger partial charge in [0.2, 0.25) is 5.91 Å². The van der Waals surface area contributed by atoms with E-state index in [-0.39, 0.29) is 25.1 Å². The van der Waals surface area contributed by atoms with Crippen LogP contribution in [0.4, 0.5) is 9.59 Å². The molecular formula is C16H20N2O5. The number of cyclic esters (lactones) is 1. The van der Waals surface area contributed by atoms with Gasteiger partial charge in [-0.1, -0.05) is 37.3 Å². The molecule has 23 heavy (non-hydrogen) atoms. The summed E-state index contributed by atoms with van der Waals surface area (Å²) in [6.07, 6.45) is -0.896. The quantitative estimate of drug-likeness (QED) is 0.834. The van der Waals surface area contributed by atoms with Gasteiger partial charge in [0.1, 0.15) is 6.61 Å². The molecule has 1 aliphatic rings. The number of imide groups is 1. The molecule has 0 bridgehead atoms. The maximum atomic E-state index is 12.5. The molecule has 1 aromatic carbocycles. The summed E-state index contributed by atoms with van der Waals surface area (Å²) in [5.74, 6) is -0.800. The van der Waals surface area contributed by atoms with E-state index in [2.05, 4.69) is 5.32 Å². The standard InChI is InChI=1S/C16H20N2O5/c1-11(7-8-17-15(20)21)14(19)18-13(10-23-16(18)22)9-12-5-3-2-4-6-12/h2-6,11,13,17H,7-10H2,1H3,(H,20,21)/t11-,13+/m0/s1. The molecule has 2 rings (SSSR count). The van der Waals surface area contributed by atoms with Crippen LogP contribution in [0.5, 0.6) is 0 Å². The minimum Gasteiger partial charge on any atom is -0.465 e. The van der Waals surface area contributed by atoms with Crippen molar-refractivity contribution >= 4 is 18.1 Å². The Balaban J connectivity index is 1.98. The minimum atomic E-state index is -1.13. The molecule has 1 heterocycles. The van der Waals surface area contributed by atoms with Crippen LogP contribution in [0, 0.1) is 5.92 Å². The molecule has 1 aliphatic heterocycles. The molecule has 2 N–H and O–H groups in total. The molecule has 1 aromatic rings. The van der Waals surface area contributed by atoms with Crippen molar-refractivity contribution in [1.82, 2.24) is 10.2 Å². The van der Waals surface area contributed by atoms with E-state index < -0.39 is 18.1 Å². The second-order valence-corrected chi connectivity index (χ2v) is 5.55. The Bertz CT molecular complexity index is 575. The lowest BCUT2D eigenvalue weighted by Crippen LogP contribution is -2.43. The van der Waals surface area contributed by atoms with Crippen LogP contribution < -0.4 is 5.32 Å². The normalized spacial score (nSPS) is 18.4. The summed E-state index contributed by atoms with van der Waals surface area (Å²) in [6.45, 7) is 2.02. The third-order valence-corrected chi connectivity index (χ3v) is 3.79. The van der Waals surface area contributed by atoms with E-state index in [1.54, 1.807) is 6.92 Å². The average molecular weight is 320 g/mol. The molecule has 1 fully saturated rings. The van der Waals surface area contributed by atoms with Gasteiger partial charge in [0.15, 0.2) is 0 Å². The first-order valence-electron chi connectivity index (χ1n) is 7.49. The summed E-state index contributed by atoms with van der Waals surface area (Å²) < 4.78 is 5.02. The number of nitrogens with one attached hydrogen (secondary N) is 1. The Morgan fingerprint density at radius 3 is 2.74 bits per heavy atom. The first-order valence-corrected chi connectivity index (χ1v) is 7.49. The number of rotatable bonds is 6. The van der Waals surface area contributed by atoms with Crippen molar-refractivity contribution in [3.8, 4) is 0 Å². The molecule has 0 unspecified atom stereocenters. The molecule has 1 saturated heterocycles. The fraction of sp³-hybridized carbons (Fsp3) is 0.438. The van der Waals surface area contributed by atoms with Crippen LogP contribution in [0.1, 0.15) is 18.9 Å². The first kappa shape index (κ1) is 16.8. The van der Waals surface area contributed by atoms with Crippen molar-refractivity contribution in [3.63, 3.8) is 0 Å². The van der Waals surface area contributed by atoms with Crippen LogP contribution >= 0.6 is 0 Å². The van der Waals surface area contributed by atoms with E-state index >= 15 is 0 Å². The molecular weight excluding hydrogens is 300 g/mol. The molecule has 7 nitrogen and oxygen atoms in total. The molecule has 0 aliphatic carbocycles. The summed E-state index contributed by atoms with van der Waals surface area (Å²) in [7, 11) is 0. The molecule has 0 spiro atoms. The Hall–Kier alpha value is -2.57. The number of carbonyl (C=O) groups is 3. The van der Waals surface area contributed by atoms with Crippen LogP contribution in [0.3, 0.4) is 0 Å². The molecule has 124 valence electrons. The topological polar surface area (TPSA) is 95.9 Å². The second kappa shape index (κ2) is 7.62. The number of amides is 3. The van der Waals surface area contributed by atoms with Gasteiger partial charge in [-0.2, -0.15) is 0 Å². The number of ether oxygens (including phenoxy) is 1. The summed E-state index contributed by atoms with van der Waals surface area (Å²) in [5, 5.41) is 10.8. The second-order valence-electron chi connectivity index (χ2n) is 5.55. The molecule has 0 aromatic heterocycles. The van der Waals surface area contributed by atoms with Crippen molar-refractivity contribution in [2.45, 2.75) is 25.8 Å². The monoisotopic (exact) mass is 320 g/mol. The van der Waals surface area contributed by atoms with Gasteiger partial charge >= 0.3 is 12.2 Å². The van der Waals surface area contributed by atoms with E-state index in [0.29, 0.717) is 12.8 Å². The van der Waals surface area contributed by atoms with Crippen LogP contribution in [0.25, 0.3) is 0 Å². The maximum absolute atomic E-state index is 12.5. The Morgan fingerprint density at radius 2 is 2.09 bits per heavy atom. The SMILES string of the molecule is C[C@@H](CCNC(=O)O)C(=O)N1C(=O)OC[C@H]1Cc1ccccc1. The molecule has 0 radical (unpaired) electrons. The van der Waals surface area contributed by atoms with Gasteiger partial charge in [-0.15, -0.1) is 0 Å². The molecule has 2 atom stereocenters. The highest BCUT2D eigenvalue weighted by Crippen LogP contribution is 2.20. The lowest BCUT2D eigenvalue weighted by atomic mass is 10.0. The predicted octanol–water partition coefficient (Wildman–Crippen LogP) is 1.87. The zero-order valence-corrected chi connectivity index (χ0v) is 12.9. The van der Waals surface area contributed by atoms with Crippen molar-refractivity contribution in [2.75, 3.05) is 13.2 Å². The van der Waals surface area contributed by atoms with Crippen LogP contribution in [0.15, 0.2) is 30.3 Å². The van der Waals surface area contributed by atoms with Gasteiger partial charge in [0.25, 0.3) is 0 Å². The zero-order valence-electron chi connectivity index (χ0n) is 12.9. The number of hydrogen-bond acceptors (Lipinski definition) is 4. The van der Waals surface area contributed by atoms with E-state index in [1.807, 2.05) is 30.3 Å². The Labute approximate surface area is 134 Å². The molecule has 7 heteroatoms. The van der Waals surface area contributed by atoms with Crippen LogP contribution in [-0.2, 0) is 16.0 Å². The van der Waals surface area contributed by atoms with E-state index in [9.17, 15) is 14.4 Å². The number of benzene rings is 1. The first-order chi connectivity index (χ1) is 11.0. The fourth-order valence-electron chi connectivity index (χ4n) is 2.52. The zero-order chi connectivity index (χ0) is 16.8. The lowest BCUT2D eigenvalue weighted by Gasteiger charge is -2.23. The third kappa shape index (κ3) is 4.45. The Morgan fingerprint density at radius 1 is 1.39 bits per heavy atom. The van der Waals surface area contributed by atoms with Crippen LogP contribution in [-0.4, -0.2) is 47.3 Å². The van der Waals surface area contributed by atoms with E-state index in [0.717, 1.165) is 5.56 Å². The van der Waals surface area contributed by atoms with Crippen LogP contribution in [0.2, 0.25) is 0 Å². The summed E-state index contributed by atoms with van der Waals surface area (Å²) >= 11 is 0. The maximum Gasteiger partial charge on any atom is 0.416 e. The van der Waals surface area contributed by atoms with E-state index in [1.165, 1.54) is 4.90 Å². The van der Waals surface area contributed by atoms with Crippen molar-refractivity contribution in [2.24, 2.45) is 5.92 Å². The summed E-state index contributed by atoms with van der Waals surface area (Å²) in [4.78, 5) is 36.0. The van der Waals surface area contributed by atoms with Gasteiger partial charge in [-0.25, -0.2) is 14.5 Å². The van der Waals surface area contributed by atoms with Crippen molar-refractivity contribution in [1.29, 1.82) is 0 Å². The fourth-order valence-corrected chi connectivity index (χ4v) is 2.52. The van der Waals surface area contributed by atoms with Gasteiger partial charge in [0.05, 0.1) is 6.04 Å². The minimum absolute atomic E-state index is 0.161. The highest BCUT2D eigenvalue weighted by molar-refractivity contribution is 5.94. The number of carbonyl (C=O) groups excluding carboxylic acids is 2. The molecule has 0 saturated carbocycles. The summed E-state index contributed by atoms with van der Waals surface area (Å²) in [5.41, 5.74) is 1.02. The number of carboxylic acid groups (broad SMARTS) is 1. The highest BCUT2D eigenvalue weighted by atomic mass is 16.6. The Kier molecular flexibility index (Phi) is 5.56. The van der Waals surface area contributed by atoms with E-state index in [4.69, 9.17) is 9.84 Å². The highest BCUT2D eigenvalue weighted by Gasteiger charge is 2.39. The number of hydrogen-bond donors (Lipinski definition) is 2.